The van der Waals surface area contributed by atoms with Gasteiger partial charge in [-0.15, -0.1) is 0 Å². The third kappa shape index (κ3) is 7.20. The summed E-state index contributed by atoms with van der Waals surface area (Å²) in [6.07, 6.45) is 0.484. The molecule has 2 unspecified atom stereocenters. The zero-order chi connectivity index (χ0) is 19.1. The zero-order valence-corrected chi connectivity index (χ0v) is 17.9. The van der Waals surface area contributed by atoms with Crippen LogP contribution in [0.25, 0.3) is 0 Å². The molecule has 1 aromatic carbocycles. The van der Waals surface area contributed by atoms with Crippen molar-refractivity contribution in [2.45, 2.75) is 71.8 Å². The molecular formula is C20H35NO3Si. The summed E-state index contributed by atoms with van der Waals surface area (Å²) < 4.78 is 11.6. The Morgan fingerprint density at radius 2 is 1.80 bits per heavy atom. The van der Waals surface area contributed by atoms with E-state index >= 15 is 0 Å². The zero-order valence-electron chi connectivity index (χ0n) is 16.9. The van der Waals surface area contributed by atoms with E-state index in [1.807, 2.05) is 30.3 Å². The van der Waals surface area contributed by atoms with Gasteiger partial charge in [0.1, 0.15) is 6.61 Å². The molecule has 2 atom stereocenters. The first kappa shape index (κ1) is 21.7. The molecule has 5 heteroatoms. The summed E-state index contributed by atoms with van der Waals surface area (Å²) in [5, 5.41) is 3.18. The van der Waals surface area contributed by atoms with Gasteiger partial charge >= 0.3 is 6.09 Å². The molecule has 1 N–H and O–H groups in total. The lowest BCUT2D eigenvalue weighted by Crippen LogP contribution is -2.45. The fourth-order valence-corrected chi connectivity index (χ4v) is 3.35. The van der Waals surface area contributed by atoms with Gasteiger partial charge in [0.15, 0.2) is 8.32 Å². The summed E-state index contributed by atoms with van der Waals surface area (Å²) in [6, 6.07) is 9.76. The summed E-state index contributed by atoms with van der Waals surface area (Å²) in [6.45, 7) is 16.4. The molecule has 0 saturated carbocycles. The quantitative estimate of drug-likeness (QED) is 0.632. The fourth-order valence-electron chi connectivity index (χ4n) is 2.24. The highest BCUT2D eigenvalue weighted by atomic mass is 28.4. The lowest BCUT2D eigenvalue weighted by molar-refractivity contribution is 0.126. The van der Waals surface area contributed by atoms with Crippen molar-refractivity contribution in [1.29, 1.82) is 0 Å². The number of carbonyl (C=O) groups is 1. The highest BCUT2D eigenvalue weighted by Gasteiger charge is 2.37. The molecule has 142 valence electrons. The molecule has 1 aromatic rings. The summed E-state index contributed by atoms with van der Waals surface area (Å²) >= 11 is 0. The Bertz CT molecular complexity index is 525. The summed E-state index contributed by atoms with van der Waals surface area (Å²) in [5.41, 5.74) is 0.986. The minimum absolute atomic E-state index is 0.0491. The Labute approximate surface area is 154 Å². The van der Waals surface area contributed by atoms with Crippen LogP contribution in [0, 0.1) is 5.92 Å². The van der Waals surface area contributed by atoms with E-state index in [4.69, 9.17) is 9.16 Å². The van der Waals surface area contributed by atoms with Crippen LogP contribution in [0.15, 0.2) is 30.3 Å². The molecule has 0 aliphatic rings. The first-order chi connectivity index (χ1) is 11.6. The molecule has 25 heavy (non-hydrogen) atoms. The predicted molar refractivity (Wildman–Crippen MR) is 106 cm³/mol. The SMILES string of the molecule is CCC(NC(=O)OCc1ccccc1)C(C)CO[Si](C)(C)C(C)(C)C. The van der Waals surface area contributed by atoms with Crippen molar-refractivity contribution in [2.24, 2.45) is 5.92 Å². The molecule has 0 heterocycles. The van der Waals surface area contributed by atoms with Gasteiger partial charge in [0, 0.05) is 12.6 Å². The third-order valence-electron chi connectivity index (χ3n) is 5.16. The van der Waals surface area contributed by atoms with E-state index in [0.29, 0.717) is 6.61 Å². The van der Waals surface area contributed by atoms with E-state index in [2.05, 4.69) is 53.0 Å². The number of carbonyl (C=O) groups excluding carboxylic acids is 1. The average Bonchev–Trinajstić information content (AvgIpc) is 2.55. The lowest BCUT2D eigenvalue weighted by Gasteiger charge is -2.37. The van der Waals surface area contributed by atoms with Crippen LogP contribution in [0.2, 0.25) is 18.1 Å². The number of hydrogen-bond donors (Lipinski definition) is 1. The van der Waals surface area contributed by atoms with Gasteiger partial charge in [-0.1, -0.05) is 65.0 Å². The summed E-state index contributed by atoms with van der Waals surface area (Å²) in [5.74, 6) is 0.239. The van der Waals surface area contributed by atoms with Gasteiger partial charge < -0.3 is 14.5 Å². The molecule has 4 nitrogen and oxygen atoms in total. The molecule has 0 aliphatic carbocycles. The van der Waals surface area contributed by atoms with Crippen LogP contribution in [0.1, 0.15) is 46.6 Å². The van der Waals surface area contributed by atoms with E-state index in [-0.39, 0.29) is 29.7 Å². The van der Waals surface area contributed by atoms with Gasteiger partial charge in [0.05, 0.1) is 0 Å². The van der Waals surface area contributed by atoms with Crippen molar-refractivity contribution in [1.82, 2.24) is 5.32 Å². The average molecular weight is 366 g/mol. The van der Waals surface area contributed by atoms with Crippen LogP contribution in [0.4, 0.5) is 4.79 Å². The van der Waals surface area contributed by atoms with E-state index in [0.717, 1.165) is 12.0 Å². The number of ether oxygens (including phenoxy) is 1. The van der Waals surface area contributed by atoms with Crippen LogP contribution in [0.5, 0.6) is 0 Å². The summed E-state index contributed by atoms with van der Waals surface area (Å²) in [7, 11) is -1.77. The summed E-state index contributed by atoms with van der Waals surface area (Å²) in [4.78, 5) is 12.1. The number of rotatable bonds is 8. The molecule has 0 radical (unpaired) electrons. The fraction of sp³-hybridized carbons (Fsp3) is 0.650. The molecule has 0 bridgehead atoms. The highest BCUT2D eigenvalue weighted by Crippen LogP contribution is 2.36. The van der Waals surface area contributed by atoms with Crippen molar-refractivity contribution in [3.8, 4) is 0 Å². The monoisotopic (exact) mass is 365 g/mol. The highest BCUT2D eigenvalue weighted by molar-refractivity contribution is 6.74. The Morgan fingerprint density at radius 1 is 1.20 bits per heavy atom. The van der Waals surface area contributed by atoms with Crippen molar-refractivity contribution < 1.29 is 14.0 Å². The van der Waals surface area contributed by atoms with Crippen molar-refractivity contribution in [3.63, 3.8) is 0 Å². The number of alkyl carbamates (subject to hydrolysis) is 1. The van der Waals surface area contributed by atoms with Crippen LogP contribution in [-0.4, -0.2) is 27.1 Å². The van der Waals surface area contributed by atoms with E-state index in [9.17, 15) is 4.79 Å². The first-order valence-electron chi connectivity index (χ1n) is 9.18. The molecule has 0 fully saturated rings. The van der Waals surface area contributed by atoms with Gasteiger partial charge in [0.25, 0.3) is 0 Å². The number of nitrogens with one attached hydrogen (secondary N) is 1. The molecule has 0 aliphatic heterocycles. The van der Waals surface area contributed by atoms with Crippen molar-refractivity contribution in [3.05, 3.63) is 35.9 Å². The van der Waals surface area contributed by atoms with Crippen molar-refractivity contribution >= 4 is 14.4 Å². The van der Waals surface area contributed by atoms with Gasteiger partial charge in [-0.25, -0.2) is 4.79 Å². The number of hydrogen-bond acceptors (Lipinski definition) is 3. The number of amides is 1. The second-order valence-electron chi connectivity index (χ2n) is 8.27. The second-order valence-corrected chi connectivity index (χ2v) is 13.1. The maximum absolute atomic E-state index is 12.1. The third-order valence-corrected chi connectivity index (χ3v) is 9.66. The van der Waals surface area contributed by atoms with Gasteiger partial charge in [-0.2, -0.15) is 0 Å². The Kier molecular flexibility index (Phi) is 8.15. The molecule has 1 amide bonds. The molecule has 0 saturated heterocycles. The van der Waals surface area contributed by atoms with Crippen LogP contribution in [0.3, 0.4) is 0 Å². The lowest BCUT2D eigenvalue weighted by atomic mass is 10.0. The molecule has 1 rings (SSSR count). The van der Waals surface area contributed by atoms with Crippen LogP contribution >= 0.6 is 0 Å². The Morgan fingerprint density at radius 3 is 2.32 bits per heavy atom. The first-order valence-corrected chi connectivity index (χ1v) is 12.1. The minimum Gasteiger partial charge on any atom is -0.445 e. The Hall–Kier alpha value is -1.33. The van der Waals surface area contributed by atoms with Gasteiger partial charge in [-0.05, 0) is 36.0 Å². The maximum Gasteiger partial charge on any atom is 0.407 e. The largest absolute Gasteiger partial charge is 0.445 e. The topological polar surface area (TPSA) is 47.6 Å². The van der Waals surface area contributed by atoms with Crippen LogP contribution < -0.4 is 5.32 Å². The predicted octanol–water partition coefficient (Wildman–Crippen LogP) is 5.35. The van der Waals surface area contributed by atoms with Crippen molar-refractivity contribution in [2.75, 3.05) is 6.61 Å². The Balaban J connectivity index is 2.47. The number of benzene rings is 1. The van der Waals surface area contributed by atoms with E-state index in [1.165, 1.54) is 0 Å². The van der Waals surface area contributed by atoms with Crippen LogP contribution in [-0.2, 0) is 15.8 Å². The minimum atomic E-state index is -1.77. The van der Waals surface area contributed by atoms with Gasteiger partial charge in [-0.3, -0.25) is 0 Å². The maximum atomic E-state index is 12.1. The second kappa shape index (κ2) is 9.39. The van der Waals surface area contributed by atoms with Gasteiger partial charge in [0.2, 0.25) is 0 Å². The smallest absolute Gasteiger partial charge is 0.407 e. The van der Waals surface area contributed by atoms with E-state index < -0.39 is 8.32 Å². The molecule has 0 aromatic heterocycles. The standard InChI is InChI=1S/C20H35NO3Si/c1-8-18(16(2)14-24-25(6,7)20(3,4)5)21-19(22)23-15-17-12-10-9-11-13-17/h9-13,16,18H,8,14-15H2,1-7H3,(H,21,22). The molecular weight excluding hydrogens is 330 g/mol. The van der Waals surface area contributed by atoms with E-state index in [1.54, 1.807) is 0 Å². The molecule has 0 spiro atoms. The normalized spacial score (nSPS) is 14.7.